The maximum atomic E-state index is 3.25. The summed E-state index contributed by atoms with van der Waals surface area (Å²) in [5.41, 5.74) is 0. The van der Waals surface area contributed by atoms with Crippen LogP contribution in [0.2, 0.25) is 0 Å². The van der Waals surface area contributed by atoms with Gasteiger partial charge in [-0.05, 0) is 0 Å². The summed E-state index contributed by atoms with van der Waals surface area (Å²) in [5.74, 6) is 0. The van der Waals surface area contributed by atoms with Gasteiger partial charge in [0.05, 0.1) is 0 Å². The molecule has 1 nitrogen and oxygen atoms in total. The van der Waals surface area contributed by atoms with Gasteiger partial charge in [0.1, 0.15) is 0 Å². The first-order valence-corrected chi connectivity index (χ1v) is 0.707. The van der Waals surface area contributed by atoms with Crippen LogP contribution in [0.5, 0.6) is 0 Å². The summed E-state index contributed by atoms with van der Waals surface area (Å²) in [6.45, 7) is 5.00. The average molecular weight is 225 g/mol. The van der Waals surface area contributed by atoms with Gasteiger partial charge < -0.3 is 12.4 Å². The van der Waals surface area contributed by atoms with Crippen molar-refractivity contribution >= 4 is 0 Å². The van der Waals surface area contributed by atoms with Crippen LogP contribution in [-0.2, 0) is 65.4 Å². The smallest absolute Gasteiger partial charge is 0 e. The summed E-state index contributed by atoms with van der Waals surface area (Å²) in [5, 5.41) is 0. The Kier molecular flexibility index (Phi) is 190. The Hall–Kier alpha value is 2.17. The minimum atomic E-state index is 0. The normalized spacial score (nSPS) is 1.20. The zero-order valence-electron chi connectivity index (χ0n) is 3.36. The summed E-state index contributed by atoms with van der Waals surface area (Å²) >= 11 is 0. The van der Waals surface area contributed by atoms with E-state index in [2.05, 4.69) is 6.92 Å². The van der Waals surface area contributed by atoms with E-state index < -0.39 is 0 Å². The first-order chi connectivity index (χ1) is 1.00. The molecule has 3 heteroatoms. The van der Waals surface area contributed by atoms with Crippen LogP contribution in [0.3, 0.4) is 0 Å². The fourth-order valence-electron chi connectivity index (χ4n) is 0. The molecule has 0 aromatic heterocycles. The minimum Gasteiger partial charge on any atom is -0.412 e. The van der Waals surface area contributed by atoms with Crippen molar-refractivity contribution in [3.63, 3.8) is 0 Å². The molecule has 0 aliphatic heterocycles. The molecule has 5 heavy (non-hydrogen) atoms. The summed E-state index contributed by atoms with van der Waals surface area (Å²) < 4.78 is 0. The minimum absolute atomic E-state index is 0. The molecule has 0 rings (SSSR count). The van der Waals surface area contributed by atoms with Crippen molar-refractivity contribution in [3.05, 3.63) is 6.92 Å². The molecule has 0 fully saturated rings. The van der Waals surface area contributed by atoms with Crippen molar-refractivity contribution in [2.24, 2.45) is 0 Å². The van der Waals surface area contributed by atoms with Crippen molar-refractivity contribution in [1.82, 2.24) is 0 Å². The van der Waals surface area contributed by atoms with Crippen LogP contribution < -0.4 is 0 Å². The topological polar surface area (TPSA) is 31.5 Å². The largest absolute Gasteiger partial charge is 0.412 e. The van der Waals surface area contributed by atoms with E-state index in [-0.39, 0.29) is 70.9 Å². The third kappa shape index (κ3) is 22.8. The second-order valence-corrected chi connectivity index (χ2v) is 0. The summed E-state index contributed by atoms with van der Waals surface area (Å²) in [4.78, 5) is 0. The Morgan fingerprint density at radius 1 is 1.00 bits per heavy atom. The Balaban J connectivity index is -0.00000000167. The van der Waals surface area contributed by atoms with Crippen LogP contribution >= 0.6 is 0 Å². The first-order valence-electron chi connectivity index (χ1n) is 0.707. The standard InChI is InChI=1S/C2H5.H2O.2Y/c1-2;;;/h1H2,2H3;1H2;;/q-1;;;. The van der Waals surface area contributed by atoms with E-state index in [4.69, 9.17) is 0 Å². The van der Waals surface area contributed by atoms with E-state index in [1.54, 1.807) is 6.92 Å². The summed E-state index contributed by atoms with van der Waals surface area (Å²) in [6, 6.07) is 0. The maximum absolute atomic E-state index is 3.25. The fourth-order valence-corrected chi connectivity index (χ4v) is 0. The zero-order chi connectivity index (χ0) is 2.00. The van der Waals surface area contributed by atoms with E-state index in [9.17, 15) is 0 Å². The van der Waals surface area contributed by atoms with Crippen molar-refractivity contribution in [3.8, 4) is 0 Å². The first kappa shape index (κ1) is 27.2. The van der Waals surface area contributed by atoms with E-state index >= 15 is 0 Å². The Morgan fingerprint density at radius 2 is 1.00 bits per heavy atom. The van der Waals surface area contributed by atoms with Crippen molar-refractivity contribution in [2.45, 2.75) is 6.92 Å². The van der Waals surface area contributed by atoms with Crippen molar-refractivity contribution < 1.29 is 70.9 Å². The van der Waals surface area contributed by atoms with Gasteiger partial charge >= 0.3 is 0 Å². The van der Waals surface area contributed by atoms with Crippen molar-refractivity contribution in [1.29, 1.82) is 0 Å². The monoisotopic (exact) mass is 225 g/mol. The molecule has 2 radical (unpaired) electrons. The third-order valence-corrected chi connectivity index (χ3v) is 0. The molecule has 0 bridgehead atoms. The van der Waals surface area contributed by atoms with Crippen LogP contribution in [-0.4, -0.2) is 5.48 Å². The van der Waals surface area contributed by atoms with E-state index in [0.717, 1.165) is 0 Å². The van der Waals surface area contributed by atoms with Crippen LogP contribution in [0.25, 0.3) is 0 Å². The average Bonchev–Trinajstić information content (AvgIpc) is 1.00. The van der Waals surface area contributed by atoms with Gasteiger partial charge in [-0.2, -0.15) is 6.92 Å². The molecule has 0 heterocycles. The molecule has 0 aliphatic carbocycles. The van der Waals surface area contributed by atoms with Gasteiger partial charge in [0, 0.05) is 65.4 Å². The molecular weight excluding hydrogens is 218 g/mol. The van der Waals surface area contributed by atoms with E-state index in [1.165, 1.54) is 0 Å². The Bertz CT molecular complexity index is 7.61. The van der Waals surface area contributed by atoms with Gasteiger partial charge in [-0.1, -0.05) is 0 Å². The summed E-state index contributed by atoms with van der Waals surface area (Å²) in [7, 11) is 0. The third-order valence-electron chi connectivity index (χ3n) is 0. The fraction of sp³-hybridized carbons (Fsp3) is 0.500. The molecule has 28 valence electrons. The second kappa shape index (κ2) is 35.1. The molecule has 0 saturated heterocycles. The SMILES string of the molecule is O.[CH2-]C.[Y].[Y]. The van der Waals surface area contributed by atoms with Crippen LogP contribution in [0, 0.1) is 6.92 Å². The summed E-state index contributed by atoms with van der Waals surface area (Å²) in [6.07, 6.45) is 0. The van der Waals surface area contributed by atoms with Gasteiger partial charge in [-0.25, -0.2) is 0 Å². The van der Waals surface area contributed by atoms with Crippen molar-refractivity contribution in [2.75, 3.05) is 0 Å². The van der Waals surface area contributed by atoms with Gasteiger partial charge in [0.15, 0.2) is 0 Å². The number of hydrogen-bond donors (Lipinski definition) is 0. The molecule has 0 amide bonds. The second-order valence-electron chi connectivity index (χ2n) is 0. The molecular formula is C2H7OY2-. The Morgan fingerprint density at radius 3 is 1.00 bits per heavy atom. The maximum Gasteiger partial charge on any atom is 0 e. The van der Waals surface area contributed by atoms with Gasteiger partial charge in [0.25, 0.3) is 0 Å². The molecule has 0 spiro atoms. The molecule has 0 aromatic rings. The predicted molar refractivity (Wildman–Crippen MR) is 14.6 cm³/mol. The predicted octanol–water partition coefficient (Wildman–Crippen LogP) is 0.0107. The van der Waals surface area contributed by atoms with Gasteiger partial charge in [-0.15, -0.1) is 0 Å². The number of rotatable bonds is 0. The van der Waals surface area contributed by atoms with Crippen LogP contribution in [0.1, 0.15) is 6.92 Å². The van der Waals surface area contributed by atoms with Crippen LogP contribution in [0.4, 0.5) is 0 Å². The number of hydrogen-bond acceptors (Lipinski definition) is 0. The Labute approximate surface area is 83.4 Å². The molecule has 0 saturated carbocycles. The quantitative estimate of drug-likeness (QED) is 0.520. The van der Waals surface area contributed by atoms with E-state index in [0.29, 0.717) is 0 Å². The van der Waals surface area contributed by atoms with Crippen LogP contribution in [0.15, 0.2) is 0 Å². The van der Waals surface area contributed by atoms with E-state index in [1.807, 2.05) is 0 Å². The molecule has 0 unspecified atom stereocenters. The zero-order valence-corrected chi connectivity index (χ0v) is 9.04. The molecule has 0 aromatic carbocycles. The molecule has 2 N–H and O–H groups in total. The van der Waals surface area contributed by atoms with Gasteiger partial charge in [0.2, 0.25) is 0 Å². The van der Waals surface area contributed by atoms with Gasteiger partial charge in [-0.3, -0.25) is 0 Å². The molecule has 0 atom stereocenters. The molecule has 0 aliphatic rings.